The van der Waals surface area contributed by atoms with E-state index in [1.54, 1.807) is 24.4 Å². The third-order valence-corrected chi connectivity index (χ3v) is 5.42. The summed E-state index contributed by atoms with van der Waals surface area (Å²) in [7, 11) is -3.61. The van der Waals surface area contributed by atoms with Crippen LogP contribution in [-0.2, 0) is 16.6 Å². The third-order valence-electron chi connectivity index (χ3n) is 3.06. The van der Waals surface area contributed by atoms with Crippen LogP contribution in [0.15, 0.2) is 35.5 Å². The molecule has 4 N–H and O–H groups in total. The first-order chi connectivity index (χ1) is 9.95. The number of benzene rings is 1. The standard InChI is InChI=1S/C13H14N4O2S2/c1-8-15-5-10(20-8)6-17-21(18,19)13-7-16-12-3-2-9(14)4-11(12)13/h2-5,7,16-17H,6,14H2,1H3. The van der Waals surface area contributed by atoms with E-state index in [9.17, 15) is 8.42 Å². The fourth-order valence-electron chi connectivity index (χ4n) is 2.07. The van der Waals surface area contributed by atoms with Crippen LogP contribution in [0.3, 0.4) is 0 Å². The highest BCUT2D eigenvalue weighted by molar-refractivity contribution is 7.89. The predicted molar refractivity (Wildman–Crippen MR) is 83.6 cm³/mol. The molecule has 8 heteroatoms. The number of H-pyrrole nitrogens is 1. The second-order valence-electron chi connectivity index (χ2n) is 4.63. The van der Waals surface area contributed by atoms with Crippen LogP contribution in [0.4, 0.5) is 5.69 Å². The molecule has 0 aliphatic rings. The predicted octanol–water partition coefficient (Wildman–Crippen LogP) is 1.99. The first-order valence-electron chi connectivity index (χ1n) is 6.23. The Morgan fingerprint density at radius 1 is 1.43 bits per heavy atom. The Balaban J connectivity index is 1.91. The molecule has 21 heavy (non-hydrogen) atoms. The van der Waals surface area contributed by atoms with Gasteiger partial charge in [-0.3, -0.25) is 0 Å². The number of hydrogen-bond acceptors (Lipinski definition) is 5. The lowest BCUT2D eigenvalue weighted by Crippen LogP contribution is -2.22. The molecule has 2 aromatic heterocycles. The summed E-state index contributed by atoms with van der Waals surface area (Å²) in [5.74, 6) is 0. The molecule has 0 aliphatic carbocycles. The zero-order valence-electron chi connectivity index (χ0n) is 11.3. The number of nitrogens with zero attached hydrogens (tertiary/aromatic N) is 1. The monoisotopic (exact) mass is 322 g/mol. The number of aromatic amines is 1. The fraction of sp³-hybridized carbons (Fsp3) is 0.154. The third kappa shape index (κ3) is 2.78. The van der Waals surface area contributed by atoms with Crippen molar-refractivity contribution in [3.8, 4) is 0 Å². The normalized spacial score (nSPS) is 12.0. The molecule has 0 bridgehead atoms. The number of nitrogens with one attached hydrogen (secondary N) is 2. The van der Waals surface area contributed by atoms with Crippen LogP contribution in [-0.4, -0.2) is 18.4 Å². The molecule has 6 nitrogen and oxygen atoms in total. The van der Waals surface area contributed by atoms with Gasteiger partial charge in [-0.1, -0.05) is 0 Å². The number of aryl methyl sites for hydroxylation is 1. The van der Waals surface area contributed by atoms with E-state index in [1.165, 1.54) is 17.5 Å². The highest BCUT2D eigenvalue weighted by Gasteiger charge is 2.19. The highest BCUT2D eigenvalue weighted by atomic mass is 32.2. The average Bonchev–Trinajstić information content (AvgIpc) is 3.02. The second-order valence-corrected chi connectivity index (χ2v) is 7.68. The van der Waals surface area contributed by atoms with Crippen molar-refractivity contribution in [2.45, 2.75) is 18.4 Å². The second kappa shape index (κ2) is 5.14. The summed E-state index contributed by atoms with van der Waals surface area (Å²) >= 11 is 1.47. The molecule has 0 amide bonds. The van der Waals surface area contributed by atoms with Gasteiger partial charge in [-0.15, -0.1) is 11.3 Å². The molecule has 2 heterocycles. The van der Waals surface area contributed by atoms with Crippen LogP contribution in [0.2, 0.25) is 0 Å². The molecule has 0 unspecified atom stereocenters. The number of nitrogens with two attached hydrogens (primary N) is 1. The van der Waals surface area contributed by atoms with E-state index in [1.807, 2.05) is 6.92 Å². The zero-order chi connectivity index (χ0) is 15.0. The maximum Gasteiger partial charge on any atom is 0.243 e. The fourth-order valence-corrected chi connectivity index (χ4v) is 4.07. The van der Waals surface area contributed by atoms with Crippen molar-refractivity contribution in [3.05, 3.63) is 40.5 Å². The van der Waals surface area contributed by atoms with E-state index in [2.05, 4.69) is 14.7 Å². The van der Waals surface area contributed by atoms with Crippen LogP contribution in [0.5, 0.6) is 0 Å². The van der Waals surface area contributed by atoms with Crippen molar-refractivity contribution in [1.82, 2.24) is 14.7 Å². The molecule has 0 saturated heterocycles. The number of sulfonamides is 1. The molecule has 0 atom stereocenters. The van der Waals surface area contributed by atoms with Gasteiger partial charge in [0.25, 0.3) is 0 Å². The van der Waals surface area contributed by atoms with Crippen LogP contribution in [0.25, 0.3) is 10.9 Å². The van der Waals surface area contributed by atoms with Crippen molar-refractivity contribution < 1.29 is 8.42 Å². The molecule has 0 saturated carbocycles. The number of hydrogen-bond donors (Lipinski definition) is 3. The number of thiazole rings is 1. The Morgan fingerprint density at radius 3 is 2.95 bits per heavy atom. The summed E-state index contributed by atoms with van der Waals surface area (Å²) in [6, 6.07) is 5.14. The highest BCUT2D eigenvalue weighted by Crippen LogP contribution is 2.25. The lowest BCUT2D eigenvalue weighted by atomic mass is 10.2. The molecule has 1 aromatic carbocycles. The van der Waals surface area contributed by atoms with Crippen LogP contribution >= 0.6 is 11.3 Å². The average molecular weight is 322 g/mol. The van der Waals surface area contributed by atoms with Crippen molar-refractivity contribution in [3.63, 3.8) is 0 Å². The number of rotatable bonds is 4. The van der Waals surface area contributed by atoms with Gasteiger partial charge >= 0.3 is 0 Å². The molecular formula is C13H14N4O2S2. The van der Waals surface area contributed by atoms with Gasteiger partial charge in [0, 0.05) is 40.4 Å². The summed E-state index contributed by atoms with van der Waals surface area (Å²) in [5.41, 5.74) is 6.99. The van der Waals surface area contributed by atoms with E-state index in [0.29, 0.717) is 11.1 Å². The minimum Gasteiger partial charge on any atom is -0.399 e. The van der Waals surface area contributed by atoms with Gasteiger partial charge in [-0.25, -0.2) is 18.1 Å². The SMILES string of the molecule is Cc1ncc(CNS(=O)(=O)c2c[nH]c3ccc(N)cc23)s1. The van der Waals surface area contributed by atoms with Gasteiger partial charge in [0.1, 0.15) is 4.90 Å². The molecule has 0 aliphatic heterocycles. The first kappa shape index (κ1) is 14.1. The Bertz CT molecular complexity index is 896. The van der Waals surface area contributed by atoms with Gasteiger partial charge in [0.05, 0.1) is 5.01 Å². The summed E-state index contributed by atoms with van der Waals surface area (Å²) in [5, 5.41) is 1.49. The maximum absolute atomic E-state index is 12.4. The van der Waals surface area contributed by atoms with Gasteiger partial charge in [-0.05, 0) is 25.1 Å². The van der Waals surface area contributed by atoms with Gasteiger partial charge in [-0.2, -0.15) is 0 Å². The van der Waals surface area contributed by atoms with Gasteiger partial charge in [0.15, 0.2) is 0 Å². The number of aromatic nitrogens is 2. The summed E-state index contributed by atoms with van der Waals surface area (Å²) in [4.78, 5) is 8.11. The number of anilines is 1. The van der Waals surface area contributed by atoms with Crippen molar-refractivity contribution in [2.75, 3.05) is 5.73 Å². The van der Waals surface area contributed by atoms with E-state index in [4.69, 9.17) is 5.73 Å². The maximum atomic E-state index is 12.4. The van der Waals surface area contributed by atoms with Crippen molar-refractivity contribution in [2.24, 2.45) is 0 Å². The van der Waals surface area contributed by atoms with Crippen LogP contribution in [0.1, 0.15) is 9.88 Å². The minimum atomic E-state index is -3.61. The van der Waals surface area contributed by atoms with E-state index in [0.717, 1.165) is 15.4 Å². The molecule has 0 radical (unpaired) electrons. The first-order valence-corrected chi connectivity index (χ1v) is 8.53. The Kier molecular flexibility index (Phi) is 3.44. The summed E-state index contributed by atoms with van der Waals surface area (Å²) in [6.45, 7) is 2.11. The molecule has 0 fully saturated rings. The number of nitrogen functional groups attached to an aromatic ring is 1. The van der Waals surface area contributed by atoms with Crippen LogP contribution in [0, 0.1) is 6.92 Å². The molecule has 3 rings (SSSR count). The minimum absolute atomic E-state index is 0.200. The van der Waals surface area contributed by atoms with Crippen molar-refractivity contribution in [1.29, 1.82) is 0 Å². The summed E-state index contributed by atoms with van der Waals surface area (Å²) in [6.07, 6.45) is 3.15. The smallest absolute Gasteiger partial charge is 0.243 e. The van der Waals surface area contributed by atoms with Gasteiger partial charge in [0.2, 0.25) is 10.0 Å². The Labute approximate surface area is 126 Å². The molecule has 3 aromatic rings. The topological polar surface area (TPSA) is 101 Å². The van der Waals surface area contributed by atoms with Gasteiger partial charge < -0.3 is 10.7 Å². The van der Waals surface area contributed by atoms with Crippen LogP contribution < -0.4 is 10.5 Å². The Hall–Kier alpha value is -1.90. The molecular weight excluding hydrogens is 308 g/mol. The lowest BCUT2D eigenvalue weighted by Gasteiger charge is -2.04. The van der Waals surface area contributed by atoms with E-state index < -0.39 is 10.0 Å². The largest absolute Gasteiger partial charge is 0.399 e. The van der Waals surface area contributed by atoms with E-state index in [-0.39, 0.29) is 11.4 Å². The lowest BCUT2D eigenvalue weighted by molar-refractivity contribution is 0.582. The van der Waals surface area contributed by atoms with Crippen molar-refractivity contribution >= 4 is 38.0 Å². The van der Waals surface area contributed by atoms with E-state index >= 15 is 0 Å². The molecule has 110 valence electrons. The molecule has 0 spiro atoms. The Morgan fingerprint density at radius 2 is 2.24 bits per heavy atom. The zero-order valence-corrected chi connectivity index (χ0v) is 12.9. The summed E-state index contributed by atoms with van der Waals surface area (Å²) < 4.78 is 27.4. The number of fused-ring (bicyclic) bond motifs is 1. The quantitative estimate of drug-likeness (QED) is 0.639.